The topological polar surface area (TPSA) is 97.8 Å². The normalized spacial score (nSPS) is 19.2. The van der Waals surface area contributed by atoms with Crippen molar-refractivity contribution in [1.29, 1.82) is 0 Å². The molecule has 0 spiro atoms. The molecule has 2 atom stereocenters. The number of fused-ring (bicyclic) bond motifs is 1. The van der Waals surface area contributed by atoms with Crippen LogP contribution in [0.15, 0.2) is 52.5 Å². The van der Waals surface area contributed by atoms with Gasteiger partial charge in [0.2, 0.25) is 0 Å². The van der Waals surface area contributed by atoms with E-state index < -0.39 is 0 Å². The molecule has 33 heavy (non-hydrogen) atoms. The molecule has 3 aromatic rings. The van der Waals surface area contributed by atoms with Crippen LogP contribution in [0.4, 0.5) is 10.1 Å². The van der Waals surface area contributed by atoms with Crippen LogP contribution in [-0.2, 0) is 13.0 Å². The molecular weight excluding hydrogens is 423 g/mol. The summed E-state index contributed by atoms with van der Waals surface area (Å²) in [6, 6.07) is 10.6. The van der Waals surface area contributed by atoms with Gasteiger partial charge in [-0.05, 0) is 50.1 Å². The first-order valence-corrected chi connectivity index (χ1v) is 11.0. The van der Waals surface area contributed by atoms with Gasteiger partial charge < -0.3 is 20.7 Å². The first-order valence-electron chi connectivity index (χ1n) is 11.0. The second kappa shape index (κ2) is 9.58. The minimum absolute atomic E-state index is 0.179. The molecule has 0 radical (unpaired) electrons. The van der Waals surface area contributed by atoms with Crippen LogP contribution in [0.2, 0.25) is 0 Å². The molecule has 0 amide bonds. The lowest BCUT2D eigenvalue weighted by molar-refractivity contribution is 0.253. The largest absolute Gasteiger partial charge is 0.497 e. The molecule has 8 nitrogen and oxygen atoms in total. The highest BCUT2D eigenvalue weighted by Crippen LogP contribution is 2.19. The number of aliphatic imine (C=N–C) groups is 1. The van der Waals surface area contributed by atoms with E-state index in [1.54, 1.807) is 30.3 Å². The van der Waals surface area contributed by atoms with E-state index in [1.807, 2.05) is 0 Å². The molecule has 1 fully saturated rings. The van der Waals surface area contributed by atoms with Crippen LogP contribution in [0.3, 0.4) is 0 Å². The maximum atomic E-state index is 14.2. The fraction of sp³-hybridized carbons (Fsp3) is 0.375. The summed E-state index contributed by atoms with van der Waals surface area (Å²) < 4.78 is 20.7. The number of aromatic nitrogens is 2. The number of benzene rings is 2. The third-order valence-corrected chi connectivity index (χ3v) is 5.82. The molecule has 3 N–H and O–H groups in total. The highest BCUT2D eigenvalue weighted by Gasteiger charge is 2.22. The van der Waals surface area contributed by atoms with Crippen molar-refractivity contribution in [3.05, 3.63) is 64.5 Å². The summed E-state index contributed by atoms with van der Waals surface area (Å²) in [4.78, 5) is 23.9. The summed E-state index contributed by atoms with van der Waals surface area (Å²) in [5.41, 5.74) is 7.77. The lowest BCUT2D eigenvalue weighted by Gasteiger charge is -2.36. The zero-order valence-corrected chi connectivity index (χ0v) is 19.1. The Labute approximate surface area is 191 Å². The van der Waals surface area contributed by atoms with Crippen LogP contribution >= 0.6 is 0 Å². The molecule has 1 aliphatic heterocycles. The molecule has 1 saturated heterocycles. The van der Waals surface area contributed by atoms with E-state index in [1.165, 1.54) is 24.1 Å². The molecule has 174 valence electrons. The Balaban J connectivity index is 1.52. The van der Waals surface area contributed by atoms with Gasteiger partial charge in [-0.15, -0.1) is 0 Å². The van der Waals surface area contributed by atoms with E-state index in [0.717, 1.165) is 13.1 Å². The molecule has 9 heteroatoms. The number of methoxy groups -OCH3 is 1. The highest BCUT2D eigenvalue weighted by atomic mass is 19.1. The van der Waals surface area contributed by atoms with Gasteiger partial charge in [0, 0.05) is 37.8 Å². The number of nitrogens with zero attached hydrogens (tertiary/aromatic N) is 4. The summed E-state index contributed by atoms with van der Waals surface area (Å²) in [5, 5.41) is 3.95. The molecule has 0 aliphatic carbocycles. The highest BCUT2D eigenvalue weighted by molar-refractivity contribution is 5.85. The molecule has 0 bridgehead atoms. The maximum Gasteiger partial charge on any atom is 0.261 e. The van der Waals surface area contributed by atoms with Crippen molar-refractivity contribution in [3.63, 3.8) is 0 Å². The van der Waals surface area contributed by atoms with Crippen molar-refractivity contribution in [2.75, 3.05) is 20.2 Å². The van der Waals surface area contributed by atoms with Gasteiger partial charge in [-0.2, -0.15) is 0 Å². The first kappa shape index (κ1) is 22.7. The number of aryl methyl sites for hydroxylation is 2. The van der Waals surface area contributed by atoms with Gasteiger partial charge in [0.1, 0.15) is 11.6 Å². The van der Waals surface area contributed by atoms with Crippen LogP contribution in [0.5, 0.6) is 5.75 Å². The zero-order valence-electron chi connectivity index (χ0n) is 19.1. The first-order chi connectivity index (χ1) is 15.8. The van der Waals surface area contributed by atoms with E-state index in [9.17, 15) is 9.18 Å². The number of piperazine rings is 1. The predicted molar refractivity (Wildman–Crippen MR) is 128 cm³/mol. The molecule has 1 aliphatic rings. The lowest BCUT2D eigenvalue weighted by Crippen LogP contribution is -2.57. The van der Waals surface area contributed by atoms with Gasteiger partial charge in [-0.1, -0.05) is 6.07 Å². The lowest BCUT2D eigenvalue weighted by atomic mass is 10.1. The van der Waals surface area contributed by atoms with Gasteiger partial charge in [-0.25, -0.2) is 14.4 Å². The van der Waals surface area contributed by atoms with E-state index in [2.05, 4.69) is 34.0 Å². The summed E-state index contributed by atoms with van der Waals surface area (Å²) in [6.07, 6.45) is 1.85. The van der Waals surface area contributed by atoms with E-state index >= 15 is 0 Å². The Bertz CT molecular complexity index is 1230. The van der Waals surface area contributed by atoms with Gasteiger partial charge in [0.15, 0.2) is 5.96 Å². The van der Waals surface area contributed by atoms with Crippen molar-refractivity contribution in [2.24, 2.45) is 10.7 Å². The van der Waals surface area contributed by atoms with Crippen LogP contribution < -0.4 is 21.3 Å². The number of hydrogen-bond donors (Lipinski definition) is 2. The Morgan fingerprint density at radius 3 is 2.70 bits per heavy atom. The van der Waals surface area contributed by atoms with E-state index in [4.69, 9.17) is 10.5 Å². The van der Waals surface area contributed by atoms with Gasteiger partial charge in [0.25, 0.3) is 5.56 Å². The fourth-order valence-corrected chi connectivity index (χ4v) is 4.19. The van der Waals surface area contributed by atoms with Crippen molar-refractivity contribution in [2.45, 2.75) is 38.9 Å². The molecular formula is C24H29FN6O2. The minimum atomic E-state index is -0.357. The number of guanidine groups is 1. The molecule has 0 unspecified atom stereocenters. The summed E-state index contributed by atoms with van der Waals surface area (Å²) >= 11 is 0. The smallest absolute Gasteiger partial charge is 0.261 e. The molecule has 2 heterocycles. The molecule has 1 aromatic heterocycles. The number of nitrogens with one attached hydrogen (secondary N) is 1. The summed E-state index contributed by atoms with van der Waals surface area (Å²) in [5.74, 6) is 0.551. The van der Waals surface area contributed by atoms with Crippen LogP contribution in [0, 0.1) is 5.82 Å². The SMILES string of the molecule is COc1ccc(CCn2cnc3cc(N=C(N)N4C[C@@H](C)N[C@@H](C)C4)ccc3c2=O)c(F)c1. The fourth-order valence-electron chi connectivity index (χ4n) is 4.19. The van der Waals surface area contributed by atoms with Crippen LogP contribution in [-0.4, -0.2) is 52.7 Å². The third-order valence-electron chi connectivity index (χ3n) is 5.82. The number of ether oxygens (including phenoxy) is 1. The Morgan fingerprint density at radius 1 is 1.24 bits per heavy atom. The van der Waals surface area contributed by atoms with Crippen LogP contribution in [0.25, 0.3) is 10.9 Å². The van der Waals surface area contributed by atoms with E-state index in [0.29, 0.717) is 58.9 Å². The minimum Gasteiger partial charge on any atom is -0.497 e. The predicted octanol–water partition coefficient (Wildman–Crippen LogP) is 2.42. The number of rotatable bonds is 5. The number of halogens is 1. The second-order valence-electron chi connectivity index (χ2n) is 8.50. The second-order valence-corrected chi connectivity index (χ2v) is 8.50. The molecule has 4 rings (SSSR count). The van der Waals surface area contributed by atoms with Gasteiger partial charge in [0.05, 0.1) is 30.0 Å². The summed E-state index contributed by atoms with van der Waals surface area (Å²) in [7, 11) is 1.49. The monoisotopic (exact) mass is 452 g/mol. The molecule has 0 saturated carbocycles. The maximum absolute atomic E-state index is 14.2. The standard InChI is InChI=1S/C24H29FN6O2/c1-15-12-31(13-16(2)28-15)24(26)29-18-5-7-20-22(10-18)27-14-30(23(20)32)9-8-17-4-6-19(33-3)11-21(17)25/h4-7,10-11,14-16,28H,8-9,12-13H2,1-3H3,(H2,26,29)/t15-,16+. The molecule has 2 aromatic carbocycles. The van der Waals surface area contributed by atoms with Crippen molar-refractivity contribution in [3.8, 4) is 5.75 Å². The Hall–Kier alpha value is -3.46. The van der Waals surface area contributed by atoms with Crippen LogP contribution in [0.1, 0.15) is 19.4 Å². The van der Waals surface area contributed by atoms with E-state index in [-0.39, 0.29) is 11.4 Å². The average Bonchev–Trinajstić information content (AvgIpc) is 2.78. The summed E-state index contributed by atoms with van der Waals surface area (Å²) in [6.45, 7) is 6.11. The quantitative estimate of drug-likeness (QED) is 0.456. The Morgan fingerprint density at radius 2 is 2.00 bits per heavy atom. The van der Waals surface area contributed by atoms with Gasteiger partial charge in [-0.3, -0.25) is 9.36 Å². The van der Waals surface area contributed by atoms with Crippen molar-refractivity contribution >= 4 is 22.5 Å². The third kappa shape index (κ3) is 5.14. The van der Waals surface area contributed by atoms with Crippen molar-refractivity contribution in [1.82, 2.24) is 19.8 Å². The average molecular weight is 453 g/mol. The zero-order chi connectivity index (χ0) is 23.5. The van der Waals surface area contributed by atoms with Gasteiger partial charge >= 0.3 is 0 Å². The number of hydrogen-bond acceptors (Lipinski definition) is 5. The van der Waals surface area contributed by atoms with Crippen molar-refractivity contribution < 1.29 is 9.13 Å². The number of nitrogens with two attached hydrogens (primary N) is 1. The Kier molecular flexibility index (Phi) is 6.60.